The molecule has 140 valence electrons. The van der Waals surface area contributed by atoms with Crippen molar-refractivity contribution in [2.24, 2.45) is 5.92 Å². The number of carbonyl (C=O) groups excluding carboxylic acids is 1. The predicted octanol–water partition coefficient (Wildman–Crippen LogP) is 2.11. The summed E-state index contributed by atoms with van der Waals surface area (Å²) in [7, 11) is 0. The summed E-state index contributed by atoms with van der Waals surface area (Å²) in [6.07, 6.45) is 4.74. The highest BCUT2D eigenvalue weighted by Crippen LogP contribution is 2.22. The third-order valence-electron chi connectivity index (χ3n) is 4.90. The van der Waals surface area contributed by atoms with Crippen LogP contribution in [0.15, 0.2) is 41.1 Å². The summed E-state index contributed by atoms with van der Waals surface area (Å²) in [4.78, 5) is 18.7. The van der Waals surface area contributed by atoms with Crippen molar-refractivity contribution in [3.63, 3.8) is 0 Å². The van der Waals surface area contributed by atoms with Crippen molar-refractivity contribution in [1.82, 2.24) is 30.0 Å². The van der Waals surface area contributed by atoms with Crippen LogP contribution in [0.4, 0.5) is 0 Å². The average Bonchev–Trinajstić information content (AvgIpc) is 3.32. The minimum absolute atomic E-state index is 0.0660. The highest BCUT2D eigenvalue weighted by atomic mass is 16.5. The van der Waals surface area contributed by atoms with E-state index in [0.29, 0.717) is 29.9 Å². The van der Waals surface area contributed by atoms with Crippen LogP contribution in [0.1, 0.15) is 40.6 Å². The van der Waals surface area contributed by atoms with E-state index < -0.39 is 0 Å². The summed E-state index contributed by atoms with van der Waals surface area (Å²) in [5.41, 5.74) is 1.72. The van der Waals surface area contributed by atoms with Crippen molar-refractivity contribution in [2.45, 2.75) is 32.7 Å². The fraction of sp³-hybridized carbons (Fsp3) is 0.421. The van der Waals surface area contributed by atoms with Crippen LogP contribution in [0.3, 0.4) is 0 Å². The van der Waals surface area contributed by atoms with Gasteiger partial charge in [0.25, 0.3) is 5.91 Å². The molecular weight excluding hydrogens is 344 g/mol. The van der Waals surface area contributed by atoms with Crippen molar-refractivity contribution in [2.75, 3.05) is 13.1 Å². The second-order valence-corrected chi connectivity index (χ2v) is 6.96. The summed E-state index contributed by atoms with van der Waals surface area (Å²) in [6, 6.07) is 10.5. The van der Waals surface area contributed by atoms with Crippen molar-refractivity contribution < 1.29 is 9.32 Å². The number of likely N-dealkylation sites (tertiary alicyclic amines) is 1. The van der Waals surface area contributed by atoms with Gasteiger partial charge in [-0.15, -0.1) is 5.10 Å². The Morgan fingerprint density at radius 2 is 2.00 bits per heavy atom. The quantitative estimate of drug-likeness (QED) is 0.687. The summed E-state index contributed by atoms with van der Waals surface area (Å²) in [6.45, 7) is 3.57. The van der Waals surface area contributed by atoms with Gasteiger partial charge in [0.15, 0.2) is 11.5 Å². The first kappa shape index (κ1) is 17.4. The van der Waals surface area contributed by atoms with Crippen LogP contribution in [0.2, 0.25) is 0 Å². The monoisotopic (exact) mass is 366 g/mol. The first-order valence-electron chi connectivity index (χ1n) is 9.20. The maximum atomic E-state index is 12.7. The minimum atomic E-state index is -0.0660. The molecule has 0 radical (unpaired) electrons. The number of nitrogens with zero attached hydrogens (tertiary/aromatic N) is 6. The lowest BCUT2D eigenvalue weighted by atomic mass is 9.90. The van der Waals surface area contributed by atoms with E-state index in [4.69, 9.17) is 4.52 Å². The molecule has 0 unspecified atom stereocenters. The van der Waals surface area contributed by atoms with Gasteiger partial charge >= 0.3 is 0 Å². The second-order valence-electron chi connectivity index (χ2n) is 6.96. The molecule has 1 aromatic carbocycles. The lowest BCUT2D eigenvalue weighted by molar-refractivity contribution is 0.0684. The van der Waals surface area contributed by atoms with E-state index in [9.17, 15) is 4.79 Å². The van der Waals surface area contributed by atoms with Crippen molar-refractivity contribution in [3.8, 4) is 0 Å². The largest absolute Gasteiger partial charge is 0.340 e. The van der Waals surface area contributed by atoms with Crippen molar-refractivity contribution in [1.29, 1.82) is 0 Å². The smallest absolute Gasteiger partial charge is 0.276 e. The standard InChI is InChI=1S/C19H22N6O2/c1-14-20-18(22-27-14)13-25-12-17(21-23-25)19(26)24-9-7-16(8-10-24)11-15-5-3-2-4-6-15/h2-6,12,16H,7-11,13H2,1H3. The first-order valence-corrected chi connectivity index (χ1v) is 9.20. The Balaban J connectivity index is 1.31. The zero-order valence-corrected chi connectivity index (χ0v) is 15.3. The lowest BCUT2D eigenvalue weighted by Crippen LogP contribution is -2.39. The highest BCUT2D eigenvalue weighted by Gasteiger charge is 2.25. The van der Waals surface area contributed by atoms with Crippen molar-refractivity contribution in [3.05, 3.63) is 59.5 Å². The Hall–Kier alpha value is -3.03. The average molecular weight is 366 g/mol. The van der Waals surface area contributed by atoms with Gasteiger partial charge in [0.05, 0.1) is 6.20 Å². The molecule has 0 aliphatic carbocycles. The van der Waals surface area contributed by atoms with Gasteiger partial charge < -0.3 is 9.42 Å². The number of hydrogen-bond acceptors (Lipinski definition) is 6. The van der Waals surface area contributed by atoms with E-state index in [1.54, 1.807) is 17.8 Å². The summed E-state index contributed by atoms with van der Waals surface area (Å²) in [5.74, 6) is 1.57. The first-order chi connectivity index (χ1) is 13.2. The summed E-state index contributed by atoms with van der Waals surface area (Å²) >= 11 is 0. The lowest BCUT2D eigenvalue weighted by Gasteiger charge is -2.31. The molecule has 1 aliphatic heterocycles. The molecule has 1 aliphatic rings. The Morgan fingerprint density at radius 1 is 1.22 bits per heavy atom. The van der Waals surface area contributed by atoms with E-state index >= 15 is 0 Å². The zero-order valence-electron chi connectivity index (χ0n) is 15.3. The van der Waals surface area contributed by atoms with E-state index in [0.717, 1.165) is 32.4 Å². The van der Waals surface area contributed by atoms with E-state index in [-0.39, 0.29) is 5.91 Å². The number of carbonyl (C=O) groups is 1. The van der Waals surface area contributed by atoms with E-state index in [1.807, 2.05) is 11.0 Å². The van der Waals surface area contributed by atoms with Crippen LogP contribution in [0, 0.1) is 12.8 Å². The maximum absolute atomic E-state index is 12.7. The van der Waals surface area contributed by atoms with Crippen LogP contribution < -0.4 is 0 Å². The summed E-state index contributed by atoms with van der Waals surface area (Å²) in [5, 5.41) is 11.8. The number of hydrogen-bond donors (Lipinski definition) is 0. The van der Waals surface area contributed by atoms with E-state index in [1.165, 1.54) is 5.56 Å². The molecular formula is C19H22N6O2. The molecule has 0 N–H and O–H groups in total. The molecule has 3 aromatic rings. The third-order valence-corrected chi connectivity index (χ3v) is 4.90. The Morgan fingerprint density at radius 3 is 2.70 bits per heavy atom. The van der Waals surface area contributed by atoms with Gasteiger partial charge in [-0.1, -0.05) is 40.7 Å². The van der Waals surface area contributed by atoms with Crippen LogP contribution in [0.5, 0.6) is 0 Å². The Bertz CT molecular complexity index is 896. The SMILES string of the molecule is Cc1nc(Cn2cc(C(=O)N3CCC(Cc4ccccc4)CC3)nn2)no1. The highest BCUT2D eigenvalue weighted by molar-refractivity contribution is 5.91. The molecule has 0 saturated carbocycles. The topological polar surface area (TPSA) is 89.9 Å². The number of piperidine rings is 1. The fourth-order valence-electron chi connectivity index (χ4n) is 3.47. The van der Waals surface area contributed by atoms with Gasteiger partial charge in [-0.2, -0.15) is 4.98 Å². The van der Waals surface area contributed by atoms with Gasteiger partial charge in [-0.05, 0) is 30.7 Å². The van der Waals surface area contributed by atoms with Gasteiger partial charge in [-0.25, -0.2) is 4.68 Å². The maximum Gasteiger partial charge on any atom is 0.276 e. The summed E-state index contributed by atoms with van der Waals surface area (Å²) < 4.78 is 6.50. The second kappa shape index (κ2) is 7.69. The molecule has 8 nitrogen and oxygen atoms in total. The molecule has 3 heterocycles. The van der Waals surface area contributed by atoms with Gasteiger partial charge in [0, 0.05) is 20.0 Å². The van der Waals surface area contributed by atoms with Gasteiger partial charge in [0.1, 0.15) is 6.54 Å². The van der Waals surface area contributed by atoms with E-state index in [2.05, 4.69) is 44.7 Å². The Kier molecular flexibility index (Phi) is 4.95. The molecule has 0 atom stereocenters. The molecule has 0 bridgehead atoms. The number of amides is 1. The molecule has 4 rings (SSSR count). The van der Waals surface area contributed by atoms with Crippen LogP contribution in [-0.2, 0) is 13.0 Å². The molecule has 1 saturated heterocycles. The van der Waals surface area contributed by atoms with Crippen molar-refractivity contribution >= 4 is 5.91 Å². The number of aryl methyl sites for hydroxylation is 1. The number of rotatable bonds is 5. The third kappa shape index (κ3) is 4.21. The number of benzene rings is 1. The molecule has 8 heteroatoms. The zero-order chi connectivity index (χ0) is 18.6. The minimum Gasteiger partial charge on any atom is -0.340 e. The van der Waals surface area contributed by atoms with Gasteiger partial charge in [0.2, 0.25) is 5.89 Å². The molecule has 27 heavy (non-hydrogen) atoms. The Labute approximate surface area is 157 Å². The van der Waals surface area contributed by atoms with Crippen LogP contribution in [-0.4, -0.2) is 49.0 Å². The molecule has 1 fully saturated rings. The number of aromatic nitrogens is 5. The fourth-order valence-corrected chi connectivity index (χ4v) is 3.47. The normalized spacial score (nSPS) is 15.2. The van der Waals surface area contributed by atoms with Crippen LogP contribution in [0.25, 0.3) is 0 Å². The van der Waals surface area contributed by atoms with Crippen LogP contribution >= 0.6 is 0 Å². The predicted molar refractivity (Wildman–Crippen MR) is 96.9 cm³/mol. The van der Waals surface area contributed by atoms with Gasteiger partial charge in [-0.3, -0.25) is 4.79 Å². The molecule has 1 amide bonds. The molecule has 0 spiro atoms. The molecule has 2 aromatic heterocycles.